The Labute approximate surface area is 73.2 Å². The van der Waals surface area contributed by atoms with E-state index in [9.17, 15) is 0 Å². The summed E-state index contributed by atoms with van der Waals surface area (Å²) in [5.74, 6) is 0. The van der Waals surface area contributed by atoms with Crippen LogP contribution in [0.4, 0.5) is 0 Å². The lowest BCUT2D eigenvalue weighted by atomic mass is 10.1. The van der Waals surface area contributed by atoms with Crippen LogP contribution in [0, 0.1) is 0 Å². The van der Waals surface area contributed by atoms with Crippen LogP contribution < -0.4 is 5.32 Å². The van der Waals surface area contributed by atoms with Gasteiger partial charge in [-0.25, -0.2) is 0 Å². The van der Waals surface area contributed by atoms with E-state index in [-0.39, 0.29) is 6.61 Å². The van der Waals surface area contributed by atoms with E-state index in [0.717, 1.165) is 18.5 Å². The third-order valence-electron chi connectivity index (χ3n) is 1.87. The number of hydrogen-bond acceptors (Lipinski definition) is 2. The van der Waals surface area contributed by atoms with Crippen LogP contribution >= 0.6 is 0 Å². The maximum atomic E-state index is 8.79. The average molecular weight is 165 g/mol. The van der Waals surface area contributed by atoms with E-state index < -0.39 is 0 Å². The predicted molar refractivity (Wildman–Crippen MR) is 50.0 cm³/mol. The summed E-state index contributed by atoms with van der Waals surface area (Å²) in [6, 6.07) is 8.04. The van der Waals surface area contributed by atoms with Crippen molar-refractivity contribution in [2.24, 2.45) is 0 Å². The summed E-state index contributed by atoms with van der Waals surface area (Å²) >= 11 is 0. The number of hydrogen-bond donors (Lipinski definition) is 2. The van der Waals surface area contributed by atoms with E-state index >= 15 is 0 Å². The normalized spacial score (nSPS) is 10.2. The number of aliphatic hydroxyl groups excluding tert-OH is 1. The fraction of sp³-hybridized carbons (Fsp3) is 0.400. The van der Waals surface area contributed by atoms with Crippen molar-refractivity contribution in [3.8, 4) is 0 Å². The molecule has 0 aromatic heterocycles. The Morgan fingerprint density at radius 1 is 1.17 bits per heavy atom. The molecule has 0 bridgehead atoms. The van der Waals surface area contributed by atoms with Crippen molar-refractivity contribution in [3.63, 3.8) is 0 Å². The monoisotopic (exact) mass is 165 g/mol. The maximum absolute atomic E-state index is 8.79. The topological polar surface area (TPSA) is 32.3 Å². The Bertz CT molecular complexity index is 218. The van der Waals surface area contributed by atoms with Crippen molar-refractivity contribution in [3.05, 3.63) is 35.4 Å². The molecule has 0 aliphatic heterocycles. The molecule has 2 N–H and O–H groups in total. The highest BCUT2D eigenvalue weighted by atomic mass is 16.3. The van der Waals surface area contributed by atoms with Crippen LogP contribution in [0.5, 0.6) is 0 Å². The zero-order valence-corrected chi connectivity index (χ0v) is 7.38. The van der Waals surface area contributed by atoms with Gasteiger partial charge in [0.05, 0.1) is 6.61 Å². The van der Waals surface area contributed by atoms with E-state index in [1.54, 1.807) is 0 Å². The van der Waals surface area contributed by atoms with Crippen LogP contribution in [0.1, 0.15) is 11.1 Å². The first-order valence-corrected chi connectivity index (χ1v) is 4.20. The van der Waals surface area contributed by atoms with Gasteiger partial charge in [0.2, 0.25) is 0 Å². The zero-order chi connectivity index (χ0) is 8.81. The summed E-state index contributed by atoms with van der Waals surface area (Å²) in [7, 11) is 1.95. The highest BCUT2D eigenvalue weighted by Crippen LogP contribution is 2.04. The van der Waals surface area contributed by atoms with Gasteiger partial charge < -0.3 is 10.4 Å². The van der Waals surface area contributed by atoms with Crippen LogP contribution in [0.2, 0.25) is 0 Å². The average Bonchev–Trinajstić information content (AvgIpc) is 2.15. The summed E-state index contributed by atoms with van der Waals surface area (Å²) in [6.07, 6.45) is 1.04. The van der Waals surface area contributed by atoms with Crippen molar-refractivity contribution in [2.75, 3.05) is 13.6 Å². The molecule has 0 radical (unpaired) electrons. The lowest BCUT2D eigenvalue weighted by molar-refractivity contribution is 0.282. The Morgan fingerprint density at radius 3 is 2.25 bits per heavy atom. The van der Waals surface area contributed by atoms with Gasteiger partial charge in [-0.05, 0) is 31.1 Å². The van der Waals surface area contributed by atoms with Crippen molar-refractivity contribution in [1.82, 2.24) is 5.32 Å². The second-order valence-corrected chi connectivity index (χ2v) is 2.83. The van der Waals surface area contributed by atoms with Crippen LogP contribution in [0.15, 0.2) is 24.3 Å². The number of rotatable bonds is 4. The van der Waals surface area contributed by atoms with E-state index in [4.69, 9.17) is 5.11 Å². The molecule has 0 amide bonds. The minimum Gasteiger partial charge on any atom is -0.392 e. The van der Waals surface area contributed by atoms with E-state index in [0.29, 0.717) is 0 Å². The van der Waals surface area contributed by atoms with Crippen molar-refractivity contribution in [2.45, 2.75) is 13.0 Å². The van der Waals surface area contributed by atoms with Gasteiger partial charge in [-0.3, -0.25) is 0 Å². The van der Waals surface area contributed by atoms with E-state index in [1.165, 1.54) is 5.56 Å². The summed E-state index contributed by atoms with van der Waals surface area (Å²) in [5, 5.41) is 11.9. The molecule has 1 rings (SSSR count). The predicted octanol–water partition coefficient (Wildman–Crippen LogP) is 0.941. The molecule has 12 heavy (non-hydrogen) atoms. The second-order valence-electron chi connectivity index (χ2n) is 2.83. The quantitative estimate of drug-likeness (QED) is 0.696. The third-order valence-corrected chi connectivity index (χ3v) is 1.87. The minimum atomic E-state index is 0.131. The molecule has 2 heteroatoms. The van der Waals surface area contributed by atoms with Crippen molar-refractivity contribution >= 4 is 0 Å². The molecule has 1 aromatic rings. The molecule has 0 saturated carbocycles. The Balaban J connectivity index is 2.53. The van der Waals surface area contributed by atoms with Gasteiger partial charge in [-0.1, -0.05) is 24.3 Å². The lowest BCUT2D eigenvalue weighted by Gasteiger charge is -2.01. The van der Waals surface area contributed by atoms with Gasteiger partial charge in [-0.2, -0.15) is 0 Å². The molecule has 0 spiro atoms. The van der Waals surface area contributed by atoms with Gasteiger partial charge in [0.15, 0.2) is 0 Å². The number of aliphatic hydroxyl groups is 1. The number of likely N-dealkylation sites (N-methyl/N-ethyl adjacent to an activating group) is 1. The molecule has 0 unspecified atom stereocenters. The summed E-state index contributed by atoms with van der Waals surface area (Å²) in [4.78, 5) is 0. The lowest BCUT2D eigenvalue weighted by Crippen LogP contribution is -2.10. The van der Waals surface area contributed by atoms with E-state index in [1.807, 2.05) is 19.2 Å². The summed E-state index contributed by atoms with van der Waals surface area (Å²) in [5.41, 5.74) is 2.28. The highest BCUT2D eigenvalue weighted by molar-refractivity contribution is 5.22. The highest BCUT2D eigenvalue weighted by Gasteiger charge is 1.92. The maximum Gasteiger partial charge on any atom is 0.0681 e. The van der Waals surface area contributed by atoms with Gasteiger partial charge in [0, 0.05) is 0 Å². The zero-order valence-electron chi connectivity index (χ0n) is 7.38. The van der Waals surface area contributed by atoms with Gasteiger partial charge >= 0.3 is 0 Å². The fourth-order valence-corrected chi connectivity index (χ4v) is 1.08. The van der Waals surface area contributed by atoms with Crippen LogP contribution in [0.3, 0.4) is 0 Å². The molecule has 66 valence electrons. The summed E-state index contributed by atoms with van der Waals surface area (Å²) in [6.45, 7) is 1.13. The molecule has 0 saturated heterocycles. The Morgan fingerprint density at radius 2 is 1.75 bits per heavy atom. The van der Waals surface area contributed by atoms with Crippen LogP contribution in [0.25, 0.3) is 0 Å². The molecule has 2 nitrogen and oxygen atoms in total. The van der Waals surface area contributed by atoms with Gasteiger partial charge in [0.1, 0.15) is 0 Å². The Kier molecular flexibility index (Phi) is 3.77. The largest absolute Gasteiger partial charge is 0.392 e. The first-order valence-electron chi connectivity index (χ1n) is 4.20. The second kappa shape index (κ2) is 4.91. The Hall–Kier alpha value is -0.860. The fourth-order valence-electron chi connectivity index (χ4n) is 1.08. The molecule has 0 aliphatic rings. The van der Waals surface area contributed by atoms with Crippen molar-refractivity contribution in [1.29, 1.82) is 0 Å². The van der Waals surface area contributed by atoms with E-state index in [2.05, 4.69) is 17.4 Å². The molecule has 0 heterocycles. The molecule has 0 atom stereocenters. The van der Waals surface area contributed by atoms with Crippen LogP contribution in [-0.4, -0.2) is 18.7 Å². The SMILES string of the molecule is CNCCc1ccc(CO)cc1. The van der Waals surface area contributed by atoms with Gasteiger partial charge in [-0.15, -0.1) is 0 Å². The standard InChI is InChI=1S/C10H15NO/c1-11-7-6-9-2-4-10(8-12)5-3-9/h2-5,11-12H,6-8H2,1H3. The number of benzene rings is 1. The van der Waals surface area contributed by atoms with Crippen molar-refractivity contribution < 1.29 is 5.11 Å². The molecular weight excluding hydrogens is 150 g/mol. The third kappa shape index (κ3) is 2.64. The first kappa shape index (κ1) is 9.23. The van der Waals surface area contributed by atoms with Gasteiger partial charge in [0.25, 0.3) is 0 Å². The summed E-state index contributed by atoms with van der Waals surface area (Å²) < 4.78 is 0. The van der Waals surface area contributed by atoms with Crippen LogP contribution in [-0.2, 0) is 13.0 Å². The number of nitrogens with one attached hydrogen (secondary N) is 1. The molecule has 1 aromatic carbocycles. The smallest absolute Gasteiger partial charge is 0.0681 e. The minimum absolute atomic E-state index is 0.131. The first-order chi connectivity index (χ1) is 5.86. The molecule has 0 aliphatic carbocycles. The molecular formula is C10H15NO. The molecule has 0 fully saturated rings.